The summed E-state index contributed by atoms with van der Waals surface area (Å²) < 4.78 is 5.32. The zero-order valence-corrected chi connectivity index (χ0v) is 11.7. The Balaban J connectivity index is 2.86. The smallest absolute Gasteiger partial charge is 0.305 e. The molecule has 5 heteroatoms. The predicted octanol–water partition coefficient (Wildman–Crippen LogP) is 2.56. The number of amides is 1. The average molecular weight is 267 g/mol. The lowest BCUT2D eigenvalue weighted by Gasteiger charge is -2.26. The molecule has 106 valence electrons. The second-order valence-electron chi connectivity index (χ2n) is 4.74. The first-order valence-corrected chi connectivity index (χ1v) is 6.56. The van der Waals surface area contributed by atoms with Crippen molar-refractivity contribution in [1.29, 1.82) is 0 Å². The van der Waals surface area contributed by atoms with E-state index in [1.807, 2.05) is 20.8 Å². The normalized spacial score (nSPS) is 10.7. The lowest BCUT2D eigenvalue weighted by Crippen LogP contribution is -2.38. The fourth-order valence-corrected chi connectivity index (χ4v) is 1.92. The largest absolute Gasteiger partial charge is 0.481 e. The molecule has 0 aromatic carbocycles. The topological polar surface area (TPSA) is 70.8 Å². The number of furan rings is 1. The maximum atomic E-state index is 12.4. The minimum Gasteiger partial charge on any atom is -0.481 e. The van der Waals surface area contributed by atoms with Crippen LogP contribution in [-0.2, 0) is 11.2 Å². The highest BCUT2D eigenvalue weighted by atomic mass is 16.4. The zero-order chi connectivity index (χ0) is 14.4. The van der Waals surface area contributed by atoms with E-state index in [0.717, 1.165) is 6.42 Å². The molecule has 0 bridgehead atoms. The van der Waals surface area contributed by atoms with E-state index in [0.29, 0.717) is 17.7 Å². The average Bonchev–Trinajstić information content (AvgIpc) is 2.76. The third-order valence-electron chi connectivity index (χ3n) is 2.90. The Bertz CT molecular complexity index is 436. The summed E-state index contributed by atoms with van der Waals surface area (Å²) in [5.74, 6) is -0.388. The second-order valence-corrected chi connectivity index (χ2v) is 4.74. The van der Waals surface area contributed by atoms with Gasteiger partial charge in [0.2, 0.25) is 0 Å². The van der Waals surface area contributed by atoms with Crippen LogP contribution in [0, 0.1) is 0 Å². The van der Waals surface area contributed by atoms with Crippen molar-refractivity contribution in [1.82, 2.24) is 4.90 Å². The molecule has 0 atom stereocenters. The van der Waals surface area contributed by atoms with Crippen LogP contribution in [0.25, 0.3) is 0 Å². The van der Waals surface area contributed by atoms with E-state index in [-0.39, 0.29) is 24.9 Å². The van der Waals surface area contributed by atoms with Crippen molar-refractivity contribution in [2.75, 3.05) is 6.54 Å². The molecule has 1 rings (SSSR count). The number of aryl methyl sites for hydroxylation is 1. The lowest BCUT2D eigenvalue weighted by atomic mass is 10.1. The minimum atomic E-state index is -0.903. The second kappa shape index (κ2) is 6.97. The number of hydrogen-bond donors (Lipinski definition) is 1. The van der Waals surface area contributed by atoms with Crippen molar-refractivity contribution in [3.63, 3.8) is 0 Å². The van der Waals surface area contributed by atoms with Crippen molar-refractivity contribution < 1.29 is 19.1 Å². The molecule has 1 heterocycles. The summed E-state index contributed by atoms with van der Waals surface area (Å²) in [5, 5.41) is 8.74. The van der Waals surface area contributed by atoms with Crippen LogP contribution in [0.1, 0.15) is 49.7 Å². The van der Waals surface area contributed by atoms with Crippen LogP contribution in [0.3, 0.4) is 0 Å². The van der Waals surface area contributed by atoms with E-state index in [9.17, 15) is 9.59 Å². The highest BCUT2D eigenvalue weighted by Gasteiger charge is 2.23. The summed E-state index contributed by atoms with van der Waals surface area (Å²) in [6, 6.07) is 1.61. The Hall–Kier alpha value is -1.78. The molecule has 0 saturated heterocycles. The molecule has 1 aromatic heterocycles. The number of carboxylic acids is 1. The monoisotopic (exact) mass is 267 g/mol. The van der Waals surface area contributed by atoms with Crippen molar-refractivity contribution in [2.24, 2.45) is 0 Å². The summed E-state index contributed by atoms with van der Waals surface area (Å²) >= 11 is 0. The van der Waals surface area contributed by atoms with Crippen molar-refractivity contribution in [3.8, 4) is 0 Å². The minimum absolute atomic E-state index is 0.0452. The number of carbonyl (C=O) groups is 2. The molecule has 0 unspecified atom stereocenters. The molecule has 0 aliphatic rings. The summed E-state index contributed by atoms with van der Waals surface area (Å²) in [6.07, 6.45) is 3.06. The molecule has 0 radical (unpaired) electrons. The summed E-state index contributed by atoms with van der Waals surface area (Å²) in [4.78, 5) is 24.6. The number of hydrogen-bond acceptors (Lipinski definition) is 3. The Morgan fingerprint density at radius 1 is 1.42 bits per heavy atom. The number of carbonyl (C=O) groups excluding carboxylic acids is 1. The summed E-state index contributed by atoms with van der Waals surface area (Å²) in [6.45, 7) is 5.97. The van der Waals surface area contributed by atoms with E-state index in [1.165, 1.54) is 6.26 Å². The van der Waals surface area contributed by atoms with Gasteiger partial charge in [0.1, 0.15) is 5.76 Å². The molecule has 5 nitrogen and oxygen atoms in total. The molecule has 19 heavy (non-hydrogen) atoms. The van der Waals surface area contributed by atoms with Gasteiger partial charge in [-0.05, 0) is 26.3 Å². The van der Waals surface area contributed by atoms with Crippen molar-refractivity contribution in [2.45, 2.75) is 46.1 Å². The highest BCUT2D eigenvalue weighted by Crippen LogP contribution is 2.17. The first-order chi connectivity index (χ1) is 8.97. The van der Waals surface area contributed by atoms with Gasteiger partial charge in [0.25, 0.3) is 5.91 Å². The standard InChI is InChI=1S/C14H21NO4/c1-4-5-12-11(7-9-19-12)14(18)15(10(2)3)8-6-13(16)17/h7,9-10H,4-6,8H2,1-3H3,(H,16,17). The molecule has 1 aromatic rings. The van der Waals surface area contributed by atoms with Gasteiger partial charge in [-0.1, -0.05) is 6.92 Å². The Kier molecular flexibility index (Phi) is 5.60. The molecule has 0 spiro atoms. The molecular weight excluding hydrogens is 246 g/mol. The van der Waals surface area contributed by atoms with Gasteiger partial charge >= 0.3 is 5.97 Å². The van der Waals surface area contributed by atoms with E-state index < -0.39 is 5.97 Å². The van der Waals surface area contributed by atoms with E-state index >= 15 is 0 Å². The molecule has 1 N–H and O–H groups in total. The van der Waals surface area contributed by atoms with Crippen LogP contribution in [0.2, 0.25) is 0 Å². The number of carboxylic acid groups (broad SMARTS) is 1. The molecule has 0 aliphatic heterocycles. The van der Waals surface area contributed by atoms with Crippen LogP contribution < -0.4 is 0 Å². The van der Waals surface area contributed by atoms with E-state index in [2.05, 4.69) is 0 Å². The summed E-state index contributed by atoms with van der Waals surface area (Å²) in [7, 11) is 0. The van der Waals surface area contributed by atoms with Gasteiger partial charge < -0.3 is 14.4 Å². The van der Waals surface area contributed by atoms with Gasteiger partial charge in [0, 0.05) is 19.0 Å². The Labute approximate surface area is 113 Å². The van der Waals surface area contributed by atoms with Gasteiger partial charge in [-0.3, -0.25) is 9.59 Å². The van der Waals surface area contributed by atoms with Crippen LogP contribution >= 0.6 is 0 Å². The maximum absolute atomic E-state index is 12.4. The van der Waals surface area contributed by atoms with Gasteiger partial charge in [0.15, 0.2) is 0 Å². The zero-order valence-electron chi connectivity index (χ0n) is 11.7. The van der Waals surface area contributed by atoms with Crippen LogP contribution in [0.4, 0.5) is 0 Å². The number of aliphatic carboxylic acids is 1. The quantitative estimate of drug-likeness (QED) is 0.824. The number of nitrogens with zero attached hydrogens (tertiary/aromatic N) is 1. The van der Waals surface area contributed by atoms with E-state index in [4.69, 9.17) is 9.52 Å². The molecule has 1 amide bonds. The van der Waals surface area contributed by atoms with Crippen molar-refractivity contribution >= 4 is 11.9 Å². The first kappa shape index (κ1) is 15.3. The third kappa shape index (κ3) is 4.12. The third-order valence-corrected chi connectivity index (χ3v) is 2.90. The molecule has 0 aliphatic carbocycles. The summed E-state index contributed by atoms with van der Waals surface area (Å²) in [5.41, 5.74) is 0.543. The van der Waals surface area contributed by atoms with Gasteiger partial charge in [-0.15, -0.1) is 0 Å². The maximum Gasteiger partial charge on any atom is 0.305 e. The lowest BCUT2D eigenvalue weighted by molar-refractivity contribution is -0.137. The van der Waals surface area contributed by atoms with Crippen LogP contribution in [-0.4, -0.2) is 34.5 Å². The van der Waals surface area contributed by atoms with Crippen LogP contribution in [0.5, 0.6) is 0 Å². The fraction of sp³-hybridized carbons (Fsp3) is 0.571. The van der Waals surface area contributed by atoms with Crippen molar-refractivity contribution in [3.05, 3.63) is 23.7 Å². The highest BCUT2D eigenvalue weighted by molar-refractivity contribution is 5.95. The van der Waals surface area contributed by atoms with Gasteiger partial charge in [0.05, 0.1) is 18.2 Å². The van der Waals surface area contributed by atoms with Gasteiger partial charge in [-0.2, -0.15) is 0 Å². The SMILES string of the molecule is CCCc1occc1C(=O)N(CCC(=O)O)C(C)C. The Morgan fingerprint density at radius 3 is 2.63 bits per heavy atom. The molecular formula is C14H21NO4. The molecule has 0 saturated carbocycles. The molecule has 0 fully saturated rings. The number of rotatable bonds is 7. The fourth-order valence-electron chi connectivity index (χ4n) is 1.92. The first-order valence-electron chi connectivity index (χ1n) is 6.56. The van der Waals surface area contributed by atoms with E-state index in [1.54, 1.807) is 11.0 Å². The predicted molar refractivity (Wildman–Crippen MR) is 71.1 cm³/mol. The van der Waals surface area contributed by atoms with Crippen LogP contribution in [0.15, 0.2) is 16.7 Å². The van der Waals surface area contributed by atoms with Gasteiger partial charge in [-0.25, -0.2) is 0 Å². The Morgan fingerprint density at radius 2 is 2.11 bits per heavy atom.